The van der Waals surface area contributed by atoms with Gasteiger partial charge in [0.25, 0.3) is 0 Å². The quantitative estimate of drug-likeness (QED) is 0.729. The second kappa shape index (κ2) is 5.93. The van der Waals surface area contributed by atoms with E-state index in [4.69, 9.17) is 21.6 Å². The molecule has 1 aromatic rings. The number of hydrogen-bond acceptors (Lipinski definition) is 2. The van der Waals surface area contributed by atoms with Crippen molar-refractivity contribution in [2.75, 3.05) is 6.61 Å². The third kappa shape index (κ3) is 4.66. The van der Waals surface area contributed by atoms with E-state index in [1.54, 1.807) is 0 Å². The van der Waals surface area contributed by atoms with E-state index in [-0.39, 0.29) is 5.41 Å². The molecule has 0 aliphatic rings. The van der Waals surface area contributed by atoms with E-state index in [2.05, 4.69) is 6.07 Å². The van der Waals surface area contributed by atoms with Crippen LogP contribution in [0.25, 0.3) is 0 Å². The van der Waals surface area contributed by atoms with Crippen LogP contribution in [-0.2, 0) is 0 Å². The Hall–Kier alpha value is -1.20. The fourth-order valence-electron chi connectivity index (χ4n) is 1.47. The first-order valence-corrected chi connectivity index (χ1v) is 6.12. The summed E-state index contributed by atoms with van der Waals surface area (Å²) < 4.78 is 5.62. The number of rotatable bonds is 5. The second-order valence-electron chi connectivity index (χ2n) is 4.88. The summed E-state index contributed by atoms with van der Waals surface area (Å²) in [6.45, 7) is 6.47. The van der Waals surface area contributed by atoms with Crippen molar-refractivity contribution in [3.05, 3.63) is 28.8 Å². The van der Waals surface area contributed by atoms with Crippen LogP contribution in [0.1, 0.15) is 32.3 Å². The van der Waals surface area contributed by atoms with Crippen LogP contribution in [0.5, 0.6) is 5.75 Å². The minimum absolute atomic E-state index is 0.278. The van der Waals surface area contributed by atoms with Gasteiger partial charge in [-0.3, -0.25) is 0 Å². The van der Waals surface area contributed by atoms with Crippen molar-refractivity contribution < 1.29 is 4.74 Å². The first kappa shape index (κ1) is 13.9. The maximum absolute atomic E-state index is 8.88. The molecule has 0 aromatic heterocycles. The summed E-state index contributed by atoms with van der Waals surface area (Å²) in [6.07, 6.45) is 1.68. The number of halogens is 1. The predicted molar refractivity (Wildman–Crippen MR) is 70.3 cm³/mol. The Balaban J connectivity index is 2.42. The zero-order valence-electron chi connectivity index (χ0n) is 10.6. The van der Waals surface area contributed by atoms with Gasteiger partial charge in [0.1, 0.15) is 5.75 Å². The third-order valence-corrected chi connectivity index (χ3v) is 2.91. The van der Waals surface area contributed by atoms with E-state index < -0.39 is 0 Å². The SMILES string of the molecule is Cc1ccc(Cl)c(OCCCC(C)(C)C#N)c1. The zero-order chi connectivity index (χ0) is 12.9. The van der Waals surface area contributed by atoms with Gasteiger partial charge in [0.2, 0.25) is 0 Å². The molecule has 0 aliphatic carbocycles. The van der Waals surface area contributed by atoms with Gasteiger partial charge in [-0.05, 0) is 51.3 Å². The molecule has 0 saturated heterocycles. The molecule has 0 bridgehead atoms. The van der Waals surface area contributed by atoms with Crippen LogP contribution < -0.4 is 4.74 Å². The van der Waals surface area contributed by atoms with Gasteiger partial charge < -0.3 is 4.74 Å². The molecule has 1 rings (SSSR count). The molecule has 17 heavy (non-hydrogen) atoms. The van der Waals surface area contributed by atoms with Crippen LogP contribution in [0.15, 0.2) is 18.2 Å². The maximum Gasteiger partial charge on any atom is 0.138 e. The summed E-state index contributed by atoms with van der Waals surface area (Å²) in [7, 11) is 0. The van der Waals surface area contributed by atoms with Gasteiger partial charge in [-0.2, -0.15) is 5.26 Å². The van der Waals surface area contributed by atoms with E-state index in [1.165, 1.54) is 0 Å². The molecule has 3 heteroatoms. The van der Waals surface area contributed by atoms with Crippen LogP contribution in [-0.4, -0.2) is 6.61 Å². The summed E-state index contributed by atoms with van der Waals surface area (Å²) in [5.74, 6) is 0.724. The van der Waals surface area contributed by atoms with Gasteiger partial charge in [-0.15, -0.1) is 0 Å². The lowest BCUT2D eigenvalue weighted by atomic mass is 9.90. The topological polar surface area (TPSA) is 33.0 Å². The van der Waals surface area contributed by atoms with Gasteiger partial charge in [0, 0.05) is 0 Å². The Morgan fingerprint density at radius 1 is 1.41 bits per heavy atom. The van der Waals surface area contributed by atoms with Gasteiger partial charge in [-0.1, -0.05) is 17.7 Å². The Morgan fingerprint density at radius 2 is 2.12 bits per heavy atom. The molecule has 0 spiro atoms. The Labute approximate surface area is 108 Å². The Kier molecular flexibility index (Phi) is 4.84. The van der Waals surface area contributed by atoms with Gasteiger partial charge >= 0.3 is 0 Å². The normalized spacial score (nSPS) is 11.0. The smallest absolute Gasteiger partial charge is 0.138 e. The average molecular weight is 252 g/mol. The molecule has 0 radical (unpaired) electrons. The molecule has 92 valence electrons. The minimum Gasteiger partial charge on any atom is -0.492 e. The highest BCUT2D eigenvalue weighted by atomic mass is 35.5. The largest absolute Gasteiger partial charge is 0.492 e. The summed E-state index contributed by atoms with van der Waals surface area (Å²) in [6, 6.07) is 8.00. The Morgan fingerprint density at radius 3 is 2.76 bits per heavy atom. The van der Waals surface area contributed by atoms with Crippen LogP contribution in [0, 0.1) is 23.7 Å². The zero-order valence-corrected chi connectivity index (χ0v) is 11.3. The number of nitrogens with zero attached hydrogens (tertiary/aromatic N) is 1. The first-order chi connectivity index (χ1) is 7.94. The van der Waals surface area contributed by atoms with E-state index >= 15 is 0 Å². The average Bonchev–Trinajstić information content (AvgIpc) is 2.29. The van der Waals surface area contributed by atoms with E-state index in [9.17, 15) is 0 Å². The van der Waals surface area contributed by atoms with Crippen LogP contribution in [0.2, 0.25) is 5.02 Å². The van der Waals surface area contributed by atoms with Crippen LogP contribution in [0.3, 0.4) is 0 Å². The number of hydrogen-bond donors (Lipinski definition) is 0. The number of benzene rings is 1. The van der Waals surface area contributed by atoms with Crippen LogP contribution in [0.4, 0.5) is 0 Å². The lowest BCUT2D eigenvalue weighted by molar-refractivity contribution is 0.284. The standard InChI is InChI=1S/C14H18ClNO/c1-11-5-6-12(15)13(9-11)17-8-4-7-14(2,3)10-16/h5-6,9H,4,7-8H2,1-3H3. The van der Waals surface area contributed by atoms with Gasteiger partial charge in [0.05, 0.1) is 23.1 Å². The lowest BCUT2D eigenvalue weighted by Crippen LogP contribution is -2.10. The van der Waals surface area contributed by atoms with Crippen molar-refractivity contribution in [3.8, 4) is 11.8 Å². The lowest BCUT2D eigenvalue weighted by Gasteiger charge is -2.15. The van der Waals surface area contributed by atoms with Crippen molar-refractivity contribution in [3.63, 3.8) is 0 Å². The molecule has 0 heterocycles. The van der Waals surface area contributed by atoms with E-state index in [0.717, 1.165) is 24.2 Å². The highest BCUT2D eigenvalue weighted by Gasteiger charge is 2.15. The molecule has 2 nitrogen and oxygen atoms in total. The molecule has 0 N–H and O–H groups in total. The summed E-state index contributed by atoms with van der Waals surface area (Å²) >= 11 is 6.01. The number of ether oxygens (including phenoxy) is 1. The van der Waals surface area contributed by atoms with E-state index in [0.29, 0.717) is 11.6 Å². The van der Waals surface area contributed by atoms with Gasteiger partial charge in [-0.25, -0.2) is 0 Å². The molecule has 0 saturated carbocycles. The predicted octanol–water partition coefficient (Wildman–Crippen LogP) is 4.36. The maximum atomic E-state index is 8.88. The molecule has 0 aliphatic heterocycles. The minimum atomic E-state index is -0.278. The molecule has 1 aromatic carbocycles. The van der Waals surface area contributed by atoms with Crippen molar-refractivity contribution in [1.82, 2.24) is 0 Å². The number of aryl methyl sites for hydroxylation is 1. The molecule has 0 unspecified atom stereocenters. The highest BCUT2D eigenvalue weighted by molar-refractivity contribution is 6.32. The molecule has 0 atom stereocenters. The first-order valence-electron chi connectivity index (χ1n) is 5.75. The molecule has 0 fully saturated rings. The summed E-state index contributed by atoms with van der Waals surface area (Å²) in [5, 5.41) is 9.51. The highest BCUT2D eigenvalue weighted by Crippen LogP contribution is 2.26. The van der Waals surface area contributed by atoms with E-state index in [1.807, 2.05) is 39.0 Å². The fourth-order valence-corrected chi connectivity index (χ4v) is 1.65. The molecule has 0 amide bonds. The Bertz CT molecular complexity index is 421. The van der Waals surface area contributed by atoms with Crippen LogP contribution >= 0.6 is 11.6 Å². The summed E-state index contributed by atoms with van der Waals surface area (Å²) in [4.78, 5) is 0. The summed E-state index contributed by atoms with van der Waals surface area (Å²) in [5.41, 5.74) is 0.849. The monoisotopic (exact) mass is 251 g/mol. The van der Waals surface area contributed by atoms with Crippen molar-refractivity contribution in [1.29, 1.82) is 5.26 Å². The van der Waals surface area contributed by atoms with Gasteiger partial charge in [0.15, 0.2) is 0 Å². The second-order valence-corrected chi connectivity index (χ2v) is 5.29. The molecular weight excluding hydrogens is 234 g/mol. The third-order valence-electron chi connectivity index (χ3n) is 2.59. The fraction of sp³-hybridized carbons (Fsp3) is 0.500. The van der Waals surface area contributed by atoms with Crippen molar-refractivity contribution >= 4 is 11.6 Å². The van der Waals surface area contributed by atoms with Crippen molar-refractivity contribution in [2.24, 2.45) is 5.41 Å². The van der Waals surface area contributed by atoms with Crippen molar-refractivity contribution in [2.45, 2.75) is 33.6 Å². The number of nitriles is 1. The molecular formula is C14H18ClNO.